The van der Waals surface area contributed by atoms with E-state index in [4.69, 9.17) is 0 Å². The van der Waals surface area contributed by atoms with Crippen LogP contribution in [0.2, 0.25) is 0 Å². The quantitative estimate of drug-likeness (QED) is 0.644. The minimum absolute atomic E-state index is 0.0721. The van der Waals surface area contributed by atoms with Crippen molar-refractivity contribution in [3.05, 3.63) is 46.1 Å². The first kappa shape index (κ1) is 16.5. The molecule has 0 aliphatic rings. The fourth-order valence-electron chi connectivity index (χ4n) is 1.71. The van der Waals surface area contributed by atoms with Crippen LogP contribution in [0.3, 0.4) is 0 Å². The molecule has 0 atom stereocenters. The lowest BCUT2D eigenvalue weighted by Crippen LogP contribution is -2.13. The van der Waals surface area contributed by atoms with Gasteiger partial charge in [-0.2, -0.15) is 18.2 Å². The Morgan fingerprint density at radius 2 is 1.87 bits per heavy atom. The third-order valence-corrected chi connectivity index (χ3v) is 2.70. The van der Waals surface area contributed by atoms with Crippen molar-refractivity contribution in [3.63, 3.8) is 0 Å². The van der Waals surface area contributed by atoms with Crippen molar-refractivity contribution >= 4 is 23.1 Å². The summed E-state index contributed by atoms with van der Waals surface area (Å²) >= 11 is 0. The van der Waals surface area contributed by atoms with Gasteiger partial charge in [-0.1, -0.05) is 0 Å². The van der Waals surface area contributed by atoms with Crippen LogP contribution in [0, 0.1) is 10.1 Å². The molecule has 0 saturated carbocycles. The molecule has 2 rings (SSSR count). The number of aromatic nitrogens is 2. The van der Waals surface area contributed by atoms with Crippen LogP contribution in [-0.2, 0) is 6.18 Å². The van der Waals surface area contributed by atoms with Gasteiger partial charge in [0.1, 0.15) is 5.82 Å². The number of hydrogen-bond acceptors (Lipinski definition) is 6. The van der Waals surface area contributed by atoms with Crippen molar-refractivity contribution in [2.75, 3.05) is 17.2 Å². The van der Waals surface area contributed by atoms with E-state index in [2.05, 4.69) is 20.6 Å². The molecule has 1 heterocycles. The minimum atomic E-state index is -4.61. The number of alkyl halides is 3. The number of nitrogens with zero attached hydrogens (tertiary/aromatic N) is 3. The minimum Gasteiger partial charge on any atom is -0.354 e. The van der Waals surface area contributed by atoms with E-state index in [0.717, 1.165) is 6.07 Å². The monoisotopic (exact) mass is 327 g/mol. The van der Waals surface area contributed by atoms with Gasteiger partial charge in [0.05, 0.1) is 4.92 Å². The normalized spacial score (nSPS) is 11.1. The van der Waals surface area contributed by atoms with Crippen LogP contribution in [-0.4, -0.2) is 21.4 Å². The van der Waals surface area contributed by atoms with Crippen LogP contribution >= 0.6 is 0 Å². The molecule has 7 nitrogen and oxygen atoms in total. The molecule has 0 fully saturated rings. The van der Waals surface area contributed by atoms with E-state index in [1.54, 1.807) is 6.92 Å². The SMILES string of the molecule is CCNc1nc(Nc2ccc([N+](=O)[O-])cc2)cc(C(F)(F)F)n1. The zero-order valence-electron chi connectivity index (χ0n) is 11.9. The van der Waals surface area contributed by atoms with Crippen LogP contribution in [0.1, 0.15) is 12.6 Å². The fourth-order valence-corrected chi connectivity index (χ4v) is 1.71. The largest absolute Gasteiger partial charge is 0.433 e. The van der Waals surface area contributed by atoms with Crippen molar-refractivity contribution in [2.24, 2.45) is 0 Å². The standard InChI is InChI=1S/C13H12F3N5O2/c1-2-17-12-19-10(13(14,15)16)7-11(20-12)18-8-3-5-9(6-4-8)21(22)23/h3-7H,2H2,1H3,(H2,17,18,19,20). The van der Waals surface area contributed by atoms with E-state index in [9.17, 15) is 23.3 Å². The van der Waals surface area contributed by atoms with Crippen molar-refractivity contribution < 1.29 is 18.1 Å². The third-order valence-electron chi connectivity index (χ3n) is 2.70. The van der Waals surface area contributed by atoms with Crippen molar-refractivity contribution in [3.8, 4) is 0 Å². The third kappa shape index (κ3) is 4.28. The fraction of sp³-hybridized carbons (Fsp3) is 0.231. The molecule has 0 amide bonds. The molecule has 0 bridgehead atoms. The first-order chi connectivity index (χ1) is 10.8. The number of nitrogens with one attached hydrogen (secondary N) is 2. The van der Waals surface area contributed by atoms with Gasteiger partial charge < -0.3 is 10.6 Å². The summed E-state index contributed by atoms with van der Waals surface area (Å²) in [5.74, 6) is -0.233. The average molecular weight is 327 g/mol. The van der Waals surface area contributed by atoms with Crippen molar-refractivity contribution in [1.29, 1.82) is 0 Å². The molecule has 2 aromatic rings. The summed E-state index contributed by atoms with van der Waals surface area (Å²) < 4.78 is 38.5. The molecule has 23 heavy (non-hydrogen) atoms. The predicted octanol–water partition coefficient (Wildman–Crippen LogP) is 3.58. The number of benzene rings is 1. The highest BCUT2D eigenvalue weighted by Crippen LogP contribution is 2.30. The van der Waals surface area contributed by atoms with Gasteiger partial charge in [0, 0.05) is 30.4 Å². The molecule has 122 valence electrons. The molecular weight excluding hydrogens is 315 g/mol. The van der Waals surface area contributed by atoms with Gasteiger partial charge in [-0.05, 0) is 19.1 Å². The maximum Gasteiger partial charge on any atom is 0.433 e. The maximum absolute atomic E-state index is 12.8. The Balaban J connectivity index is 2.30. The second-order valence-corrected chi connectivity index (χ2v) is 4.42. The number of non-ortho nitro benzene ring substituents is 1. The zero-order valence-corrected chi connectivity index (χ0v) is 11.9. The van der Waals surface area contributed by atoms with Gasteiger partial charge in [0.15, 0.2) is 5.69 Å². The molecular formula is C13H12F3N5O2. The van der Waals surface area contributed by atoms with Crippen molar-refractivity contribution in [2.45, 2.75) is 13.1 Å². The molecule has 0 spiro atoms. The van der Waals surface area contributed by atoms with Gasteiger partial charge >= 0.3 is 6.18 Å². The summed E-state index contributed by atoms with van der Waals surface area (Å²) in [5, 5.41) is 15.9. The number of halogens is 3. The lowest BCUT2D eigenvalue weighted by atomic mass is 10.3. The molecule has 2 N–H and O–H groups in total. The second-order valence-electron chi connectivity index (χ2n) is 4.42. The van der Waals surface area contributed by atoms with Crippen LogP contribution in [0.5, 0.6) is 0 Å². The van der Waals surface area contributed by atoms with Crippen LogP contribution in [0.25, 0.3) is 0 Å². The summed E-state index contributed by atoms with van der Waals surface area (Å²) in [7, 11) is 0. The first-order valence-corrected chi connectivity index (χ1v) is 6.51. The highest BCUT2D eigenvalue weighted by molar-refractivity contribution is 5.59. The summed E-state index contributed by atoms with van der Waals surface area (Å²) in [4.78, 5) is 17.3. The van der Waals surface area contributed by atoms with E-state index >= 15 is 0 Å². The number of nitro groups is 1. The van der Waals surface area contributed by atoms with Gasteiger partial charge in [-0.25, -0.2) is 4.98 Å². The molecule has 1 aromatic heterocycles. The first-order valence-electron chi connectivity index (χ1n) is 6.51. The lowest BCUT2D eigenvalue weighted by Gasteiger charge is -2.12. The van der Waals surface area contributed by atoms with Gasteiger partial charge in [0.25, 0.3) is 5.69 Å². The highest BCUT2D eigenvalue weighted by atomic mass is 19.4. The Labute approximate surface area is 128 Å². The van der Waals surface area contributed by atoms with Crippen LogP contribution in [0.15, 0.2) is 30.3 Å². The van der Waals surface area contributed by atoms with Gasteiger partial charge in [-0.15, -0.1) is 0 Å². The van der Waals surface area contributed by atoms with Gasteiger partial charge in [-0.3, -0.25) is 10.1 Å². The maximum atomic E-state index is 12.8. The summed E-state index contributed by atoms with van der Waals surface area (Å²) in [6.07, 6.45) is -4.61. The number of rotatable bonds is 5. The van der Waals surface area contributed by atoms with E-state index in [-0.39, 0.29) is 17.5 Å². The Hall–Kier alpha value is -2.91. The average Bonchev–Trinajstić information content (AvgIpc) is 2.47. The summed E-state index contributed by atoms with van der Waals surface area (Å²) in [5.41, 5.74) is -0.847. The van der Waals surface area contributed by atoms with Crippen LogP contribution in [0.4, 0.5) is 36.3 Å². The number of anilines is 3. The van der Waals surface area contributed by atoms with E-state index in [1.807, 2.05) is 0 Å². The molecule has 0 radical (unpaired) electrons. The highest BCUT2D eigenvalue weighted by Gasteiger charge is 2.33. The molecule has 1 aromatic carbocycles. The second kappa shape index (κ2) is 6.46. The Kier molecular flexibility index (Phi) is 4.63. The number of hydrogen-bond donors (Lipinski definition) is 2. The Bertz CT molecular complexity index is 704. The predicted molar refractivity (Wildman–Crippen MR) is 77.6 cm³/mol. The Morgan fingerprint density at radius 3 is 2.39 bits per heavy atom. The molecule has 0 saturated heterocycles. The summed E-state index contributed by atoms with van der Waals surface area (Å²) in [6, 6.07) is 5.99. The molecule has 0 aliphatic carbocycles. The lowest BCUT2D eigenvalue weighted by molar-refractivity contribution is -0.384. The van der Waals surface area contributed by atoms with E-state index in [1.165, 1.54) is 24.3 Å². The zero-order chi connectivity index (χ0) is 17.0. The molecule has 10 heteroatoms. The molecule has 0 unspecified atom stereocenters. The smallest absolute Gasteiger partial charge is 0.354 e. The van der Waals surface area contributed by atoms with Crippen LogP contribution < -0.4 is 10.6 Å². The van der Waals surface area contributed by atoms with Crippen molar-refractivity contribution in [1.82, 2.24) is 9.97 Å². The summed E-state index contributed by atoms with van der Waals surface area (Å²) in [6.45, 7) is 2.06. The van der Waals surface area contributed by atoms with E-state index in [0.29, 0.717) is 12.2 Å². The topological polar surface area (TPSA) is 93.0 Å². The van der Waals surface area contributed by atoms with Gasteiger partial charge in [0.2, 0.25) is 5.95 Å². The molecule has 0 aliphatic heterocycles. The Morgan fingerprint density at radius 1 is 1.22 bits per heavy atom. The van der Waals surface area contributed by atoms with E-state index < -0.39 is 16.8 Å². The number of nitro benzene ring substituents is 1.